The summed E-state index contributed by atoms with van der Waals surface area (Å²) in [7, 11) is 0. The molecule has 3 N–H and O–H groups in total. The summed E-state index contributed by atoms with van der Waals surface area (Å²) >= 11 is 0. The van der Waals surface area contributed by atoms with Crippen molar-refractivity contribution in [3.63, 3.8) is 0 Å². The van der Waals surface area contributed by atoms with Gasteiger partial charge in [0.2, 0.25) is 11.8 Å². The molecule has 2 bridgehead atoms. The topological polar surface area (TPSA) is 83.1 Å². The van der Waals surface area contributed by atoms with E-state index in [1.807, 2.05) is 0 Å². The van der Waals surface area contributed by atoms with E-state index in [1.54, 1.807) is 18.3 Å². The third-order valence-corrected chi connectivity index (χ3v) is 5.29. The molecule has 3 aliphatic rings. The molecule has 1 saturated carbocycles. The molecule has 0 radical (unpaired) electrons. The largest absolute Gasteiger partial charge is 0.325 e. The van der Waals surface area contributed by atoms with E-state index in [2.05, 4.69) is 20.9 Å². The number of nitrogens with zero attached hydrogens (tertiary/aromatic N) is 1. The van der Waals surface area contributed by atoms with Crippen LogP contribution < -0.4 is 16.0 Å². The van der Waals surface area contributed by atoms with Crippen LogP contribution in [0, 0.1) is 11.8 Å². The van der Waals surface area contributed by atoms with Gasteiger partial charge < -0.3 is 16.0 Å². The SMILES string of the molecule is O=C(CC1CC2CCC(C1)N2)Nc1ccc(NC(=O)C2CC2)nc1. The lowest BCUT2D eigenvalue weighted by Crippen LogP contribution is -2.39. The molecule has 6 heteroatoms. The van der Waals surface area contributed by atoms with Crippen molar-refractivity contribution in [3.05, 3.63) is 18.3 Å². The molecule has 2 atom stereocenters. The highest BCUT2D eigenvalue weighted by atomic mass is 16.2. The molecule has 24 heavy (non-hydrogen) atoms. The average molecular weight is 328 g/mol. The maximum absolute atomic E-state index is 12.2. The van der Waals surface area contributed by atoms with Crippen LogP contribution in [-0.4, -0.2) is 28.9 Å². The number of piperidine rings is 1. The Balaban J connectivity index is 1.26. The minimum Gasteiger partial charge on any atom is -0.325 e. The summed E-state index contributed by atoms with van der Waals surface area (Å²) in [5.74, 6) is 1.28. The maximum Gasteiger partial charge on any atom is 0.228 e. The van der Waals surface area contributed by atoms with Crippen molar-refractivity contribution < 1.29 is 9.59 Å². The van der Waals surface area contributed by atoms with E-state index in [0.29, 0.717) is 35.9 Å². The Bertz CT molecular complexity index is 614. The molecular formula is C18H24N4O2. The van der Waals surface area contributed by atoms with Crippen molar-refractivity contribution >= 4 is 23.3 Å². The van der Waals surface area contributed by atoms with Gasteiger partial charge in [0.15, 0.2) is 0 Å². The molecule has 2 amide bonds. The summed E-state index contributed by atoms with van der Waals surface area (Å²) in [5.41, 5.74) is 0.682. The summed E-state index contributed by atoms with van der Waals surface area (Å²) in [5, 5.41) is 9.32. The first-order chi connectivity index (χ1) is 11.7. The molecule has 6 nitrogen and oxygen atoms in total. The Morgan fingerprint density at radius 2 is 1.83 bits per heavy atom. The summed E-state index contributed by atoms with van der Waals surface area (Å²) < 4.78 is 0. The minimum atomic E-state index is 0.0415. The molecule has 128 valence electrons. The number of pyridine rings is 1. The molecule has 1 aromatic rings. The zero-order chi connectivity index (χ0) is 16.5. The van der Waals surface area contributed by atoms with Crippen LogP contribution in [0.15, 0.2) is 18.3 Å². The van der Waals surface area contributed by atoms with Crippen LogP contribution in [0.5, 0.6) is 0 Å². The van der Waals surface area contributed by atoms with Crippen LogP contribution in [0.25, 0.3) is 0 Å². The number of aromatic nitrogens is 1. The number of hydrogen-bond donors (Lipinski definition) is 3. The van der Waals surface area contributed by atoms with E-state index in [1.165, 1.54) is 12.8 Å². The van der Waals surface area contributed by atoms with Crippen molar-refractivity contribution in [3.8, 4) is 0 Å². The molecule has 2 saturated heterocycles. The second kappa shape index (κ2) is 6.51. The number of carbonyl (C=O) groups is 2. The van der Waals surface area contributed by atoms with Crippen molar-refractivity contribution in [2.45, 2.75) is 57.0 Å². The fraction of sp³-hybridized carbons (Fsp3) is 0.611. The second-order valence-corrected chi connectivity index (χ2v) is 7.42. The molecule has 0 aromatic carbocycles. The Hall–Kier alpha value is -1.95. The fourth-order valence-electron chi connectivity index (χ4n) is 3.93. The summed E-state index contributed by atoms with van der Waals surface area (Å²) in [6, 6.07) is 4.75. The number of nitrogens with one attached hydrogen (secondary N) is 3. The Morgan fingerprint density at radius 3 is 2.46 bits per heavy atom. The van der Waals surface area contributed by atoms with E-state index < -0.39 is 0 Å². The van der Waals surface area contributed by atoms with Gasteiger partial charge in [0.25, 0.3) is 0 Å². The first kappa shape index (κ1) is 15.6. The highest BCUT2D eigenvalue weighted by Gasteiger charge is 2.34. The van der Waals surface area contributed by atoms with Crippen LogP contribution in [0.4, 0.5) is 11.5 Å². The van der Waals surface area contributed by atoms with Crippen molar-refractivity contribution in [1.82, 2.24) is 10.3 Å². The van der Waals surface area contributed by atoms with Crippen LogP contribution in [-0.2, 0) is 9.59 Å². The van der Waals surface area contributed by atoms with E-state index in [-0.39, 0.29) is 17.7 Å². The smallest absolute Gasteiger partial charge is 0.228 e. The predicted molar refractivity (Wildman–Crippen MR) is 91.5 cm³/mol. The maximum atomic E-state index is 12.2. The normalized spacial score (nSPS) is 28.4. The molecule has 2 aliphatic heterocycles. The molecule has 1 aromatic heterocycles. The van der Waals surface area contributed by atoms with Gasteiger partial charge in [-0.25, -0.2) is 4.98 Å². The van der Waals surface area contributed by atoms with Crippen LogP contribution >= 0.6 is 0 Å². The summed E-state index contributed by atoms with van der Waals surface area (Å²) in [6.07, 6.45) is 8.84. The van der Waals surface area contributed by atoms with Crippen molar-refractivity contribution in [1.29, 1.82) is 0 Å². The molecule has 1 aliphatic carbocycles. The summed E-state index contributed by atoms with van der Waals surface area (Å²) in [6.45, 7) is 0. The van der Waals surface area contributed by atoms with Gasteiger partial charge in [-0.15, -0.1) is 0 Å². The third-order valence-electron chi connectivity index (χ3n) is 5.29. The standard InChI is InChI=1S/C18H24N4O2/c23-17(9-11-7-13-3-4-14(8-11)20-13)21-15-5-6-16(19-10-15)22-18(24)12-1-2-12/h5-6,10-14,20H,1-4,7-9H2,(H,21,23)(H,19,22,24). The van der Waals surface area contributed by atoms with Crippen LogP contribution in [0.2, 0.25) is 0 Å². The lowest BCUT2D eigenvalue weighted by atomic mass is 9.89. The van der Waals surface area contributed by atoms with E-state index in [9.17, 15) is 9.59 Å². The monoisotopic (exact) mass is 328 g/mol. The Kier molecular flexibility index (Phi) is 4.22. The van der Waals surface area contributed by atoms with E-state index in [0.717, 1.165) is 25.7 Å². The quantitative estimate of drug-likeness (QED) is 0.774. The zero-order valence-electron chi connectivity index (χ0n) is 13.8. The summed E-state index contributed by atoms with van der Waals surface area (Å²) in [4.78, 5) is 28.1. The number of carbonyl (C=O) groups excluding carboxylic acids is 2. The lowest BCUT2D eigenvalue weighted by molar-refractivity contribution is -0.118. The average Bonchev–Trinajstić information content (AvgIpc) is 3.35. The first-order valence-corrected chi connectivity index (χ1v) is 8.98. The molecule has 3 fully saturated rings. The van der Waals surface area contributed by atoms with Gasteiger partial charge in [0.05, 0.1) is 11.9 Å². The Labute approximate surface area is 141 Å². The van der Waals surface area contributed by atoms with E-state index >= 15 is 0 Å². The van der Waals surface area contributed by atoms with Crippen molar-refractivity contribution in [2.75, 3.05) is 10.6 Å². The number of rotatable bonds is 5. The minimum absolute atomic E-state index is 0.0415. The molecular weight excluding hydrogens is 304 g/mol. The van der Waals surface area contributed by atoms with Gasteiger partial charge in [-0.05, 0) is 56.6 Å². The number of anilines is 2. The third kappa shape index (κ3) is 3.75. The molecule has 2 unspecified atom stereocenters. The van der Waals surface area contributed by atoms with Crippen LogP contribution in [0.3, 0.4) is 0 Å². The van der Waals surface area contributed by atoms with Gasteiger partial charge in [-0.3, -0.25) is 9.59 Å². The fourth-order valence-corrected chi connectivity index (χ4v) is 3.93. The lowest BCUT2D eigenvalue weighted by Gasteiger charge is -2.28. The van der Waals surface area contributed by atoms with Gasteiger partial charge >= 0.3 is 0 Å². The zero-order valence-corrected chi connectivity index (χ0v) is 13.8. The number of fused-ring (bicyclic) bond motifs is 2. The van der Waals surface area contributed by atoms with Gasteiger partial charge in [-0.2, -0.15) is 0 Å². The first-order valence-electron chi connectivity index (χ1n) is 8.98. The predicted octanol–water partition coefficient (Wildman–Crippen LogP) is 2.29. The Morgan fingerprint density at radius 1 is 1.08 bits per heavy atom. The van der Waals surface area contributed by atoms with Crippen molar-refractivity contribution in [2.24, 2.45) is 11.8 Å². The number of hydrogen-bond acceptors (Lipinski definition) is 4. The van der Waals surface area contributed by atoms with Gasteiger partial charge in [0, 0.05) is 24.4 Å². The second-order valence-electron chi connectivity index (χ2n) is 7.42. The number of amides is 2. The van der Waals surface area contributed by atoms with Crippen LogP contribution in [0.1, 0.15) is 44.9 Å². The highest BCUT2D eigenvalue weighted by Crippen LogP contribution is 2.33. The highest BCUT2D eigenvalue weighted by molar-refractivity contribution is 5.94. The molecule has 0 spiro atoms. The van der Waals surface area contributed by atoms with E-state index in [4.69, 9.17) is 0 Å². The van der Waals surface area contributed by atoms with Gasteiger partial charge in [0.1, 0.15) is 5.82 Å². The molecule has 3 heterocycles. The molecule has 4 rings (SSSR count). The van der Waals surface area contributed by atoms with Gasteiger partial charge in [-0.1, -0.05) is 0 Å².